The van der Waals surface area contributed by atoms with Crippen LogP contribution in [-0.4, -0.2) is 27.9 Å². The third kappa shape index (κ3) is 7.04. The average Bonchev–Trinajstić information content (AvgIpc) is 3.13. The third-order valence-electron chi connectivity index (χ3n) is 5.08. The molecule has 1 heterocycles. The van der Waals surface area contributed by atoms with E-state index in [0.717, 1.165) is 23.5 Å². The van der Waals surface area contributed by atoms with E-state index in [1.807, 2.05) is 20.8 Å². The van der Waals surface area contributed by atoms with Crippen molar-refractivity contribution in [1.29, 1.82) is 0 Å². The fourth-order valence-corrected chi connectivity index (χ4v) is 3.35. The second-order valence-corrected chi connectivity index (χ2v) is 10.5. The molecule has 0 saturated carbocycles. The number of carbonyl (C=O) groups excluding carboxylic acids is 3. The fourth-order valence-electron chi connectivity index (χ4n) is 2.64. The summed E-state index contributed by atoms with van der Waals surface area (Å²) in [6, 6.07) is 1.62. The number of anilines is 1. The summed E-state index contributed by atoms with van der Waals surface area (Å²) >= 11 is 1.07. The zero-order valence-electron chi connectivity index (χ0n) is 20.1. The van der Waals surface area contributed by atoms with Crippen LogP contribution >= 0.6 is 11.3 Å². The van der Waals surface area contributed by atoms with Crippen LogP contribution in [0.1, 0.15) is 58.3 Å². The topological polar surface area (TPSA) is 116 Å². The molecule has 0 radical (unpaired) electrons. The molecule has 0 saturated heterocycles. The van der Waals surface area contributed by atoms with Crippen molar-refractivity contribution in [3.05, 3.63) is 45.7 Å². The number of ether oxygens (including phenoxy) is 1. The molecule has 186 valence electrons. The molecule has 11 heteroatoms. The van der Waals surface area contributed by atoms with Gasteiger partial charge < -0.3 is 15.8 Å². The van der Waals surface area contributed by atoms with Gasteiger partial charge in [0.25, 0.3) is 5.91 Å². The van der Waals surface area contributed by atoms with E-state index in [1.165, 1.54) is 4.57 Å². The maximum atomic E-state index is 14.5. The van der Waals surface area contributed by atoms with E-state index >= 15 is 0 Å². The Morgan fingerprint density at radius 3 is 2.29 bits per heavy atom. The first-order valence-corrected chi connectivity index (χ1v) is 11.5. The van der Waals surface area contributed by atoms with Gasteiger partial charge in [0.1, 0.15) is 11.2 Å². The molecular weight excluding hydrogens is 466 g/mol. The van der Waals surface area contributed by atoms with Crippen LogP contribution in [0.15, 0.2) is 28.7 Å². The molecular formula is C23H30F2N4O4S. The Morgan fingerprint density at radius 2 is 1.76 bits per heavy atom. The predicted octanol–water partition coefficient (Wildman–Crippen LogP) is 3.82. The van der Waals surface area contributed by atoms with E-state index in [9.17, 15) is 23.2 Å². The van der Waals surface area contributed by atoms with E-state index < -0.39 is 40.6 Å². The number of carbonyl (C=O) groups is 3. The van der Waals surface area contributed by atoms with Crippen molar-refractivity contribution in [1.82, 2.24) is 4.57 Å². The maximum Gasteiger partial charge on any atom is 0.327 e. The maximum absolute atomic E-state index is 14.5. The van der Waals surface area contributed by atoms with Gasteiger partial charge in [0, 0.05) is 23.6 Å². The zero-order chi connectivity index (χ0) is 25.8. The minimum atomic E-state index is -1.19. The number of nitrogens with two attached hydrogens (primary N) is 1. The largest absolute Gasteiger partial charge is 0.442 e. The monoisotopic (exact) mass is 496 g/mol. The molecule has 2 rings (SSSR count). The lowest BCUT2D eigenvalue weighted by Crippen LogP contribution is -2.50. The van der Waals surface area contributed by atoms with Gasteiger partial charge in [-0.25, -0.2) is 13.6 Å². The van der Waals surface area contributed by atoms with Gasteiger partial charge in [-0.3, -0.25) is 14.2 Å². The number of esters is 1. The first-order valence-electron chi connectivity index (χ1n) is 10.6. The quantitative estimate of drug-likeness (QED) is 0.566. The van der Waals surface area contributed by atoms with E-state index in [-0.39, 0.29) is 34.8 Å². The van der Waals surface area contributed by atoms with Crippen molar-refractivity contribution >= 4 is 34.8 Å². The molecule has 1 aromatic heterocycles. The van der Waals surface area contributed by atoms with Crippen molar-refractivity contribution in [2.24, 2.45) is 22.1 Å². The fraction of sp³-hybridized carbons (Fsp3) is 0.478. The molecule has 0 fully saturated rings. The summed E-state index contributed by atoms with van der Waals surface area (Å²) in [6.07, 6.45) is 1.60. The van der Waals surface area contributed by atoms with Gasteiger partial charge >= 0.3 is 5.97 Å². The van der Waals surface area contributed by atoms with Crippen molar-refractivity contribution in [2.45, 2.75) is 60.2 Å². The SMILES string of the molecule is CC(C)[C@](C)(N)C(=O)OCn1ccsc1=NC(=O)c1cc(F)c(NC(=O)CC(C)(C)C)c(F)c1. The van der Waals surface area contributed by atoms with E-state index in [4.69, 9.17) is 10.5 Å². The van der Waals surface area contributed by atoms with Crippen LogP contribution < -0.4 is 15.9 Å². The standard InChI is InChI=1S/C23H30F2N4O4S/c1-13(2)23(6,26)20(32)33-12-29-7-8-34-21(29)28-19(31)14-9-15(24)18(16(25)10-14)27-17(30)11-22(3,4)5/h7-10,13H,11-12,26H2,1-6H3,(H,27,30)/t23-/m0/s1. The highest BCUT2D eigenvalue weighted by atomic mass is 32.1. The second-order valence-electron chi connectivity index (χ2n) is 9.67. The first-order chi connectivity index (χ1) is 15.6. The van der Waals surface area contributed by atoms with Crippen LogP contribution in [-0.2, 0) is 21.1 Å². The van der Waals surface area contributed by atoms with Crippen molar-refractivity contribution in [3.8, 4) is 0 Å². The minimum Gasteiger partial charge on any atom is -0.442 e. The Labute approximate surface area is 200 Å². The highest BCUT2D eigenvalue weighted by molar-refractivity contribution is 7.07. The van der Waals surface area contributed by atoms with Crippen LogP contribution in [0.25, 0.3) is 0 Å². The number of amides is 2. The predicted molar refractivity (Wildman–Crippen MR) is 125 cm³/mol. The molecule has 34 heavy (non-hydrogen) atoms. The third-order valence-corrected chi connectivity index (χ3v) is 5.87. The van der Waals surface area contributed by atoms with Gasteiger partial charge in [-0.15, -0.1) is 11.3 Å². The van der Waals surface area contributed by atoms with E-state index in [2.05, 4.69) is 10.3 Å². The Bertz CT molecular complexity index is 1120. The van der Waals surface area contributed by atoms with Crippen LogP contribution in [0, 0.1) is 23.0 Å². The Morgan fingerprint density at radius 1 is 1.18 bits per heavy atom. The summed E-state index contributed by atoms with van der Waals surface area (Å²) in [7, 11) is 0. The molecule has 0 aliphatic heterocycles. The minimum absolute atomic E-state index is 0.0608. The molecule has 8 nitrogen and oxygen atoms in total. The number of aromatic nitrogens is 1. The van der Waals surface area contributed by atoms with Gasteiger partial charge in [-0.2, -0.15) is 4.99 Å². The van der Waals surface area contributed by atoms with Crippen LogP contribution in [0.2, 0.25) is 0 Å². The molecule has 1 aromatic carbocycles. The number of hydrogen-bond donors (Lipinski definition) is 2. The molecule has 0 unspecified atom stereocenters. The normalized spacial score (nSPS) is 14.1. The Balaban J connectivity index is 2.20. The molecule has 0 spiro atoms. The summed E-state index contributed by atoms with van der Waals surface area (Å²) in [5.74, 6) is -4.42. The van der Waals surface area contributed by atoms with Gasteiger partial charge in [0.15, 0.2) is 23.2 Å². The number of hydrogen-bond acceptors (Lipinski definition) is 6. The smallest absolute Gasteiger partial charge is 0.327 e. The molecule has 0 aliphatic rings. The van der Waals surface area contributed by atoms with Gasteiger partial charge in [-0.1, -0.05) is 34.6 Å². The molecule has 0 bridgehead atoms. The number of thiazole rings is 1. The summed E-state index contributed by atoms with van der Waals surface area (Å²) < 4.78 is 35.6. The lowest BCUT2D eigenvalue weighted by molar-refractivity contribution is -0.155. The molecule has 1 atom stereocenters. The number of benzene rings is 1. The molecule has 2 amide bonds. The average molecular weight is 497 g/mol. The molecule has 3 N–H and O–H groups in total. The number of nitrogens with zero attached hydrogens (tertiary/aromatic N) is 2. The van der Waals surface area contributed by atoms with E-state index in [1.54, 1.807) is 32.3 Å². The molecule has 0 aliphatic carbocycles. The Hall–Kier alpha value is -2.92. The summed E-state index contributed by atoms with van der Waals surface area (Å²) in [5, 5.41) is 3.82. The summed E-state index contributed by atoms with van der Waals surface area (Å²) in [4.78, 5) is 40.9. The summed E-state index contributed by atoms with van der Waals surface area (Å²) in [6.45, 7) is 10.4. The highest BCUT2D eigenvalue weighted by Crippen LogP contribution is 2.24. The van der Waals surface area contributed by atoms with Crippen molar-refractivity contribution < 1.29 is 27.9 Å². The van der Waals surface area contributed by atoms with Crippen molar-refractivity contribution in [3.63, 3.8) is 0 Å². The first kappa shape index (κ1) is 27.3. The zero-order valence-corrected chi connectivity index (χ0v) is 20.9. The van der Waals surface area contributed by atoms with Gasteiger partial charge in [0.2, 0.25) is 5.91 Å². The van der Waals surface area contributed by atoms with Gasteiger partial charge in [0.05, 0.1) is 0 Å². The lowest BCUT2D eigenvalue weighted by atomic mass is 9.90. The number of rotatable bonds is 7. The van der Waals surface area contributed by atoms with Crippen molar-refractivity contribution in [2.75, 3.05) is 5.32 Å². The van der Waals surface area contributed by atoms with Crippen LogP contribution in [0.4, 0.5) is 14.5 Å². The molecule has 2 aromatic rings. The van der Waals surface area contributed by atoms with E-state index in [0.29, 0.717) is 0 Å². The van der Waals surface area contributed by atoms with Crippen LogP contribution in [0.5, 0.6) is 0 Å². The van der Waals surface area contributed by atoms with Gasteiger partial charge in [-0.05, 0) is 30.4 Å². The lowest BCUT2D eigenvalue weighted by Gasteiger charge is -2.26. The summed E-state index contributed by atoms with van der Waals surface area (Å²) in [5.41, 5.74) is 3.46. The Kier molecular flexibility index (Phi) is 8.49. The highest BCUT2D eigenvalue weighted by Gasteiger charge is 2.33. The number of halogens is 2. The second kappa shape index (κ2) is 10.6. The van der Waals surface area contributed by atoms with Crippen LogP contribution in [0.3, 0.4) is 0 Å². The number of nitrogens with one attached hydrogen (secondary N) is 1.